The standard InChI is InChI=1S/C18H19F3N2O3S2/c1-10-8-22(9-11(2)26-10)17(27)28-14-7-15(24)23(16(14)25)13-5-3-4-12(6-13)18(19,20)21/h3-6,10-11,14H,7-9H2,1-2H3/t10-,11-,14-/m1/s1. The number of anilines is 1. The molecule has 0 spiro atoms. The Balaban J connectivity index is 1.73. The number of thiocarbonyl (C=S) groups is 1. The van der Waals surface area contributed by atoms with Crippen LogP contribution in [0, 0.1) is 0 Å². The van der Waals surface area contributed by atoms with Crippen molar-refractivity contribution in [1.29, 1.82) is 0 Å². The van der Waals surface area contributed by atoms with Crippen LogP contribution < -0.4 is 4.90 Å². The number of alkyl halides is 3. The highest BCUT2D eigenvalue weighted by molar-refractivity contribution is 8.23. The summed E-state index contributed by atoms with van der Waals surface area (Å²) in [6.07, 6.45) is -4.68. The number of hydrogen-bond acceptors (Lipinski definition) is 5. The number of rotatable bonds is 2. The zero-order valence-corrected chi connectivity index (χ0v) is 16.9. The van der Waals surface area contributed by atoms with Crippen molar-refractivity contribution in [3.8, 4) is 0 Å². The van der Waals surface area contributed by atoms with Crippen molar-refractivity contribution in [3.05, 3.63) is 29.8 Å². The lowest BCUT2D eigenvalue weighted by molar-refractivity contribution is -0.137. The Kier molecular flexibility index (Phi) is 6.02. The maximum absolute atomic E-state index is 12.9. The summed E-state index contributed by atoms with van der Waals surface area (Å²) in [7, 11) is 0. The van der Waals surface area contributed by atoms with Gasteiger partial charge in [0.1, 0.15) is 9.57 Å². The number of nitrogens with zero attached hydrogens (tertiary/aromatic N) is 2. The zero-order chi connectivity index (χ0) is 20.6. The maximum atomic E-state index is 12.9. The number of morpholine rings is 1. The van der Waals surface area contributed by atoms with Crippen LogP contribution in [0.1, 0.15) is 25.8 Å². The Morgan fingerprint density at radius 1 is 1.21 bits per heavy atom. The van der Waals surface area contributed by atoms with E-state index in [1.54, 1.807) is 0 Å². The molecule has 0 aliphatic carbocycles. The Morgan fingerprint density at radius 3 is 2.46 bits per heavy atom. The van der Waals surface area contributed by atoms with Crippen molar-refractivity contribution in [1.82, 2.24) is 4.90 Å². The minimum atomic E-state index is -4.55. The average Bonchev–Trinajstić information content (AvgIpc) is 2.87. The van der Waals surface area contributed by atoms with Gasteiger partial charge in [-0.15, -0.1) is 0 Å². The number of carbonyl (C=O) groups is 2. The van der Waals surface area contributed by atoms with Crippen LogP contribution in [0.15, 0.2) is 24.3 Å². The lowest BCUT2D eigenvalue weighted by atomic mass is 10.2. The van der Waals surface area contributed by atoms with Crippen LogP contribution in [0.25, 0.3) is 0 Å². The first-order valence-corrected chi connectivity index (χ1v) is 10.00. The normalized spacial score (nSPS) is 26.1. The molecule has 0 radical (unpaired) electrons. The molecule has 0 aromatic heterocycles. The molecule has 152 valence electrons. The van der Waals surface area contributed by atoms with Gasteiger partial charge >= 0.3 is 6.18 Å². The van der Waals surface area contributed by atoms with E-state index < -0.39 is 28.8 Å². The highest BCUT2D eigenvalue weighted by Crippen LogP contribution is 2.35. The SMILES string of the molecule is C[C@@H]1CN(C(=S)S[C@@H]2CC(=O)N(c3cccc(C(F)(F)F)c3)C2=O)C[C@@H](C)O1. The average molecular weight is 432 g/mol. The number of ether oxygens (including phenoxy) is 1. The van der Waals surface area contributed by atoms with Gasteiger partial charge in [0, 0.05) is 19.5 Å². The van der Waals surface area contributed by atoms with Gasteiger partial charge in [-0.3, -0.25) is 9.59 Å². The maximum Gasteiger partial charge on any atom is 0.416 e. The molecule has 1 aromatic rings. The van der Waals surface area contributed by atoms with E-state index >= 15 is 0 Å². The number of benzene rings is 1. The molecule has 1 aromatic carbocycles. The second-order valence-electron chi connectivity index (χ2n) is 6.85. The highest BCUT2D eigenvalue weighted by Gasteiger charge is 2.42. The molecule has 2 saturated heterocycles. The third-order valence-corrected chi connectivity index (χ3v) is 6.12. The summed E-state index contributed by atoms with van der Waals surface area (Å²) in [5.41, 5.74) is -0.985. The molecule has 0 unspecified atom stereocenters. The second-order valence-corrected chi connectivity index (χ2v) is 8.69. The summed E-state index contributed by atoms with van der Waals surface area (Å²) in [4.78, 5) is 27.8. The number of halogens is 3. The molecule has 2 amide bonds. The van der Waals surface area contributed by atoms with Crippen molar-refractivity contribution in [2.75, 3.05) is 18.0 Å². The summed E-state index contributed by atoms with van der Waals surface area (Å²) in [5.74, 6) is -1.08. The van der Waals surface area contributed by atoms with Crippen LogP contribution in [0.5, 0.6) is 0 Å². The number of carbonyl (C=O) groups excluding carboxylic acids is 2. The molecule has 2 heterocycles. The van der Waals surface area contributed by atoms with E-state index in [2.05, 4.69) is 0 Å². The lowest BCUT2D eigenvalue weighted by Crippen LogP contribution is -2.47. The molecule has 2 aliphatic heterocycles. The Hall–Kier alpha value is -1.65. The van der Waals surface area contributed by atoms with Crippen LogP contribution >= 0.6 is 24.0 Å². The van der Waals surface area contributed by atoms with Crippen LogP contribution in [-0.2, 0) is 20.5 Å². The minimum absolute atomic E-state index is 0.00943. The van der Waals surface area contributed by atoms with Gasteiger partial charge in [-0.1, -0.05) is 30.0 Å². The number of amides is 2. The molecule has 3 atom stereocenters. The number of thioether (sulfide) groups is 1. The molecule has 0 bridgehead atoms. The van der Waals surface area contributed by atoms with Gasteiger partial charge in [0.25, 0.3) is 0 Å². The quantitative estimate of drug-likeness (QED) is 0.527. The molecule has 5 nitrogen and oxygen atoms in total. The van der Waals surface area contributed by atoms with Crippen molar-refractivity contribution in [2.45, 2.75) is 43.9 Å². The van der Waals surface area contributed by atoms with Crippen molar-refractivity contribution in [2.24, 2.45) is 0 Å². The fourth-order valence-electron chi connectivity index (χ4n) is 3.31. The minimum Gasteiger partial charge on any atom is -0.372 e. The van der Waals surface area contributed by atoms with E-state index in [0.29, 0.717) is 17.4 Å². The first-order chi connectivity index (χ1) is 13.1. The fourth-order valence-corrected chi connectivity index (χ4v) is 4.78. The van der Waals surface area contributed by atoms with E-state index in [4.69, 9.17) is 17.0 Å². The Bertz CT molecular complexity index is 793. The van der Waals surface area contributed by atoms with Gasteiger partial charge in [0.15, 0.2) is 0 Å². The fraction of sp³-hybridized carbons (Fsp3) is 0.500. The molecule has 10 heteroatoms. The van der Waals surface area contributed by atoms with Crippen LogP contribution in [-0.4, -0.2) is 51.6 Å². The van der Waals surface area contributed by atoms with Crippen molar-refractivity contribution < 1.29 is 27.5 Å². The third-order valence-electron chi connectivity index (χ3n) is 4.46. The molecule has 0 saturated carbocycles. The number of hydrogen-bond donors (Lipinski definition) is 0. The summed E-state index contributed by atoms with van der Waals surface area (Å²) in [6, 6.07) is 4.21. The molecule has 3 rings (SSSR count). The summed E-state index contributed by atoms with van der Waals surface area (Å²) >= 11 is 6.54. The Morgan fingerprint density at radius 2 is 1.86 bits per heavy atom. The third kappa shape index (κ3) is 4.49. The van der Waals surface area contributed by atoms with E-state index in [0.717, 1.165) is 28.8 Å². The zero-order valence-electron chi connectivity index (χ0n) is 15.2. The first-order valence-electron chi connectivity index (χ1n) is 8.71. The first kappa shape index (κ1) is 21.1. The van der Waals surface area contributed by atoms with Crippen molar-refractivity contribution >= 4 is 45.8 Å². The highest BCUT2D eigenvalue weighted by atomic mass is 32.2. The predicted octanol–water partition coefficient (Wildman–Crippen LogP) is 3.46. The molecule has 2 fully saturated rings. The summed E-state index contributed by atoms with van der Waals surface area (Å²) in [5, 5.41) is -0.747. The van der Waals surface area contributed by atoms with Gasteiger partial charge in [0.2, 0.25) is 11.8 Å². The van der Waals surface area contributed by atoms with Gasteiger partial charge in [-0.25, -0.2) is 4.90 Å². The van der Waals surface area contributed by atoms with E-state index in [1.807, 2.05) is 18.7 Å². The monoisotopic (exact) mass is 432 g/mol. The number of imide groups is 1. The Labute approximate surface area is 170 Å². The van der Waals surface area contributed by atoms with E-state index in [9.17, 15) is 22.8 Å². The van der Waals surface area contributed by atoms with Crippen molar-refractivity contribution in [3.63, 3.8) is 0 Å². The van der Waals surface area contributed by atoms with Crippen LogP contribution in [0.3, 0.4) is 0 Å². The largest absolute Gasteiger partial charge is 0.416 e. The van der Waals surface area contributed by atoms with Crippen LogP contribution in [0.2, 0.25) is 0 Å². The molecule has 0 N–H and O–H groups in total. The second kappa shape index (κ2) is 8.00. The van der Waals surface area contributed by atoms with Gasteiger partial charge in [-0.2, -0.15) is 13.2 Å². The van der Waals surface area contributed by atoms with Gasteiger partial charge in [-0.05, 0) is 32.0 Å². The van der Waals surface area contributed by atoms with Gasteiger partial charge < -0.3 is 9.64 Å². The molecule has 2 aliphatic rings. The lowest BCUT2D eigenvalue weighted by Gasteiger charge is -2.36. The summed E-state index contributed by atoms with van der Waals surface area (Å²) < 4.78 is 45.0. The topological polar surface area (TPSA) is 49.9 Å². The van der Waals surface area contributed by atoms with E-state index in [1.165, 1.54) is 12.1 Å². The molecular weight excluding hydrogens is 413 g/mol. The van der Waals surface area contributed by atoms with Crippen LogP contribution in [0.4, 0.5) is 18.9 Å². The predicted molar refractivity (Wildman–Crippen MR) is 104 cm³/mol. The summed E-state index contributed by atoms with van der Waals surface area (Å²) in [6.45, 7) is 5.02. The van der Waals surface area contributed by atoms with E-state index in [-0.39, 0.29) is 24.3 Å². The van der Waals surface area contributed by atoms with Gasteiger partial charge in [0.05, 0.1) is 23.5 Å². The smallest absolute Gasteiger partial charge is 0.372 e. The molecular formula is C18H19F3N2O3S2. The molecule has 28 heavy (non-hydrogen) atoms.